The molecule has 19 heteroatoms. The molecule has 4 aromatic carbocycles. The maximum absolute atomic E-state index is 16.7. The molecule has 0 spiro atoms. The first-order chi connectivity index (χ1) is 34.3. The molecule has 3 atom stereocenters. The highest BCUT2D eigenvalue weighted by Gasteiger charge is 2.45. The van der Waals surface area contributed by atoms with Crippen LogP contribution < -0.4 is 10.6 Å². The Hall–Kier alpha value is -7.22. The fourth-order valence-electron chi connectivity index (χ4n) is 10.3. The molecule has 3 aliphatic heterocycles. The van der Waals surface area contributed by atoms with Crippen LogP contribution in [-0.4, -0.2) is 119 Å². The van der Waals surface area contributed by atoms with E-state index in [2.05, 4.69) is 25.6 Å². The molecule has 1 aliphatic carbocycles. The van der Waals surface area contributed by atoms with Crippen molar-refractivity contribution in [1.29, 1.82) is 0 Å². The Morgan fingerprint density at radius 2 is 1.49 bits per heavy atom. The lowest BCUT2D eigenvalue weighted by Gasteiger charge is -2.36. The minimum Gasteiger partial charge on any atom is -0.453 e. The van der Waals surface area contributed by atoms with Gasteiger partial charge < -0.3 is 54.1 Å². The monoisotopic (exact) mass is 972 g/mol. The van der Waals surface area contributed by atoms with Crippen molar-refractivity contribution in [2.45, 2.75) is 69.0 Å². The quantitative estimate of drug-likeness (QED) is 0.0882. The molecule has 6 aromatic rings. The number of ether oxygens (including phenoxy) is 5. The summed E-state index contributed by atoms with van der Waals surface area (Å²) in [6.07, 6.45) is 2.60. The molecule has 71 heavy (non-hydrogen) atoms. The second kappa shape index (κ2) is 19.5. The molecule has 2 aromatic heterocycles. The standard InChI is InChI=1S/C52H54F2N8O9/c1-51(70-22-23-71-51)29-61(47(63)44(59-49(65)67-2)31-17-20-69-21-18-31)28-43-56-39-16-13-33(26-40(39)57-43)32-11-14-35-36-15-12-34(25-38(36)52(53,54)37(35)24-32)41-27-55-46(58-41)42-10-7-19-62(42)48(64)45(60-50(66)68-3)30-8-5-4-6-9-30/h4-6,8-9,11-16,24-27,31,42,44-45H,7,10,17-23,28-29H2,1-3H3,(H,55,58)(H,56,57)(H,59,65)(H,60,66). The number of imidazole rings is 2. The van der Waals surface area contributed by atoms with Crippen LogP contribution in [0.4, 0.5) is 18.4 Å². The second-order valence-electron chi connectivity index (χ2n) is 18.5. The first-order valence-corrected chi connectivity index (χ1v) is 23.7. The van der Waals surface area contributed by atoms with Crippen LogP contribution in [0.3, 0.4) is 0 Å². The maximum Gasteiger partial charge on any atom is 0.407 e. The number of carbonyl (C=O) groups is 4. The molecular weight excluding hydrogens is 919 g/mol. The molecule has 0 saturated carbocycles. The molecule has 0 radical (unpaired) electrons. The van der Waals surface area contributed by atoms with Gasteiger partial charge in [-0.1, -0.05) is 60.7 Å². The molecule has 17 nitrogen and oxygen atoms in total. The van der Waals surface area contributed by atoms with E-state index in [-0.39, 0.29) is 41.9 Å². The number of halogens is 2. The lowest BCUT2D eigenvalue weighted by atomic mass is 9.90. The predicted molar refractivity (Wildman–Crippen MR) is 255 cm³/mol. The highest BCUT2D eigenvalue weighted by Crippen LogP contribution is 2.53. The van der Waals surface area contributed by atoms with E-state index in [1.54, 1.807) is 71.5 Å². The minimum absolute atomic E-state index is 0.0307. The Labute approximate surface area is 407 Å². The summed E-state index contributed by atoms with van der Waals surface area (Å²) in [7, 11) is 2.49. The van der Waals surface area contributed by atoms with E-state index in [1.165, 1.54) is 26.4 Å². The Bertz CT molecular complexity index is 2970. The maximum atomic E-state index is 16.7. The average Bonchev–Trinajstić information content (AvgIpc) is 4.26. The number of fused-ring (bicyclic) bond motifs is 4. The van der Waals surface area contributed by atoms with Gasteiger partial charge in [-0.25, -0.2) is 19.6 Å². The Kier molecular flexibility index (Phi) is 13.1. The largest absolute Gasteiger partial charge is 0.453 e. The summed E-state index contributed by atoms with van der Waals surface area (Å²) in [6, 6.07) is 22.1. The van der Waals surface area contributed by atoms with Gasteiger partial charge in [0.2, 0.25) is 5.91 Å². The molecule has 4 amide bonds. The molecule has 10 rings (SSSR count). The van der Waals surface area contributed by atoms with Gasteiger partial charge in [0.05, 0.1) is 69.5 Å². The number of alkyl carbamates (subject to hydrolysis) is 2. The van der Waals surface area contributed by atoms with Gasteiger partial charge in [0.15, 0.2) is 5.79 Å². The minimum atomic E-state index is -3.33. The highest BCUT2D eigenvalue weighted by atomic mass is 19.3. The number of hydrogen-bond acceptors (Lipinski definition) is 11. The summed E-state index contributed by atoms with van der Waals surface area (Å²) in [6.45, 7) is 3.95. The lowest BCUT2D eigenvalue weighted by Crippen LogP contribution is -2.55. The number of likely N-dealkylation sites (tertiary alicyclic amines) is 1. The van der Waals surface area contributed by atoms with E-state index in [4.69, 9.17) is 28.7 Å². The number of methoxy groups -OCH3 is 2. The predicted octanol–water partition coefficient (Wildman–Crippen LogP) is 7.74. The molecule has 370 valence electrons. The second-order valence-corrected chi connectivity index (χ2v) is 18.5. The molecule has 3 saturated heterocycles. The summed E-state index contributed by atoms with van der Waals surface area (Å²) in [5.74, 6) is -4.29. The third-order valence-corrected chi connectivity index (χ3v) is 13.9. The molecule has 0 bridgehead atoms. The number of aromatic amines is 2. The molecule has 4 N–H and O–H groups in total. The number of aromatic nitrogens is 4. The summed E-state index contributed by atoms with van der Waals surface area (Å²) < 4.78 is 60.5. The van der Waals surface area contributed by atoms with E-state index in [0.717, 1.165) is 0 Å². The van der Waals surface area contributed by atoms with Crippen molar-refractivity contribution in [3.05, 3.63) is 119 Å². The van der Waals surface area contributed by atoms with E-state index in [9.17, 15) is 19.2 Å². The number of nitrogens with one attached hydrogen (secondary N) is 4. The van der Waals surface area contributed by atoms with Crippen LogP contribution in [0, 0.1) is 5.92 Å². The SMILES string of the molecule is COC(=O)NC(C(=O)N1CCCC1c1ncc(-c2ccc3c(c2)C(F)(F)c2cc(-c4ccc5nc(CN(CC6(C)OCCO6)C(=O)C(NC(=O)OC)C6CCOCC6)[nH]c5c4)ccc2-3)[nH]1)c1ccccc1. The van der Waals surface area contributed by atoms with Gasteiger partial charge in [-0.15, -0.1) is 0 Å². The van der Waals surface area contributed by atoms with E-state index in [1.807, 2.05) is 24.3 Å². The van der Waals surface area contributed by atoms with Gasteiger partial charge >= 0.3 is 12.2 Å². The van der Waals surface area contributed by atoms with Crippen molar-refractivity contribution >= 4 is 35.0 Å². The Balaban J connectivity index is 0.875. The molecule has 5 heterocycles. The number of carbonyl (C=O) groups excluding carboxylic acids is 4. The molecule has 4 aliphatic rings. The zero-order chi connectivity index (χ0) is 49.4. The number of benzene rings is 4. The number of H-pyrrole nitrogens is 2. The molecule has 3 fully saturated rings. The van der Waals surface area contributed by atoms with Gasteiger partial charge in [0.1, 0.15) is 23.7 Å². The Morgan fingerprint density at radius 3 is 2.21 bits per heavy atom. The van der Waals surface area contributed by atoms with Crippen LogP contribution in [-0.2, 0) is 45.7 Å². The van der Waals surface area contributed by atoms with Crippen LogP contribution in [0.2, 0.25) is 0 Å². The first kappa shape index (κ1) is 47.5. The van der Waals surface area contributed by atoms with Gasteiger partial charge in [-0.05, 0) is 90.6 Å². The summed E-state index contributed by atoms with van der Waals surface area (Å²) in [5, 5.41) is 5.43. The number of amides is 4. The smallest absolute Gasteiger partial charge is 0.407 e. The van der Waals surface area contributed by atoms with Crippen LogP contribution in [0.1, 0.15) is 73.0 Å². The van der Waals surface area contributed by atoms with Gasteiger partial charge in [-0.3, -0.25) is 9.59 Å². The highest BCUT2D eigenvalue weighted by molar-refractivity contribution is 5.89. The van der Waals surface area contributed by atoms with Crippen LogP contribution >= 0.6 is 0 Å². The van der Waals surface area contributed by atoms with Crippen molar-refractivity contribution in [3.63, 3.8) is 0 Å². The lowest BCUT2D eigenvalue weighted by molar-refractivity contribution is -0.169. The summed E-state index contributed by atoms with van der Waals surface area (Å²) in [4.78, 5) is 72.6. The first-order valence-electron chi connectivity index (χ1n) is 23.7. The van der Waals surface area contributed by atoms with Crippen LogP contribution in [0.25, 0.3) is 44.5 Å². The van der Waals surface area contributed by atoms with Crippen LogP contribution in [0.15, 0.2) is 91.1 Å². The number of alkyl halides is 2. The van der Waals surface area contributed by atoms with Crippen molar-refractivity contribution in [2.75, 3.05) is 53.7 Å². The van der Waals surface area contributed by atoms with Crippen molar-refractivity contribution < 1.29 is 51.6 Å². The van der Waals surface area contributed by atoms with Gasteiger partial charge in [0, 0.05) is 36.4 Å². The zero-order valence-electron chi connectivity index (χ0n) is 39.5. The van der Waals surface area contributed by atoms with E-state index >= 15 is 8.78 Å². The third-order valence-electron chi connectivity index (χ3n) is 13.9. The Morgan fingerprint density at radius 1 is 0.831 bits per heavy atom. The van der Waals surface area contributed by atoms with Crippen LogP contribution in [0.5, 0.6) is 0 Å². The third kappa shape index (κ3) is 9.44. The topological polar surface area (TPSA) is 202 Å². The molecule has 3 unspecified atom stereocenters. The normalized spacial score (nSPS) is 18.9. The fourth-order valence-corrected chi connectivity index (χ4v) is 10.3. The van der Waals surface area contributed by atoms with Crippen molar-refractivity contribution in [2.24, 2.45) is 5.92 Å². The number of nitrogens with zero attached hydrogens (tertiary/aromatic N) is 4. The van der Waals surface area contributed by atoms with Gasteiger partial charge in [-0.2, -0.15) is 8.78 Å². The van der Waals surface area contributed by atoms with E-state index in [0.29, 0.717) is 120 Å². The average molecular weight is 973 g/mol. The van der Waals surface area contributed by atoms with Crippen molar-refractivity contribution in [1.82, 2.24) is 40.4 Å². The number of rotatable bonds is 13. The fraction of sp³-hybridized carbons (Fsp3) is 0.385. The summed E-state index contributed by atoms with van der Waals surface area (Å²) in [5.41, 5.74) is 4.74. The zero-order valence-corrected chi connectivity index (χ0v) is 39.5. The molecular formula is C52H54F2N8O9. The van der Waals surface area contributed by atoms with Gasteiger partial charge in [0.25, 0.3) is 11.8 Å². The van der Waals surface area contributed by atoms with E-state index < -0.39 is 42.0 Å². The summed E-state index contributed by atoms with van der Waals surface area (Å²) >= 11 is 0. The number of hydrogen-bond donors (Lipinski definition) is 4. The van der Waals surface area contributed by atoms with Crippen molar-refractivity contribution in [3.8, 4) is 33.5 Å².